The zero-order valence-electron chi connectivity index (χ0n) is 9.33. The molecule has 1 aromatic rings. The maximum atomic E-state index is 11.2. The van der Waals surface area contributed by atoms with Crippen LogP contribution >= 0.6 is 0 Å². The Balaban J connectivity index is 2.86. The zero-order valence-corrected chi connectivity index (χ0v) is 9.33. The summed E-state index contributed by atoms with van der Waals surface area (Å²) in [6.45, 7) is 6.00. The van der Waals surface area contributed by atoms with E-state index in [2.05, 4.69) is 0 Å². The first-order valence-electron chi connectivity index (χ1n) is 4.99. The summed E-state index contributed by atoms with van der Waals surface area (Å²) < 4.78 is 4.82. The summed E-state index contributed by atoms with van der Waals surface area (Å²) in [5, 5.41) is 9.63. The highest BCUT2D eigenvalue weighted by Crippen LogP contribution is 2.22. The molecule has 0 aromatic heterocycles. The van der Waals surface area contributed by atoms with E-state index in [9.17, 15) is 9.90 Å². The van der Waals surface area contributed by atoms with Crippen molar-refractivity contribution in [3.8, 4) is 5.75 Å². The lowest BCUT2D eigenvalue weighted by molar-refractivity contribution is -0.142. The Bertz CT molecular complexity index is 369. The van der Waals surface area contributed by atoms with Crippen molar-refractivity contribution < 1.29 is 14.6 Å². The molecule has 0 saturated heterocycles. The van der Waals surface area contributed by atoms with Crippen molar-refractivity contribution in [1.29, 1.82) is 0 Å². The van der Waals surface area contributed by atoms with Gasteiger partial charge in [0.15, 0.2) is 0 Å². The van der Waals surface area contributed by atoms with Crippen molar-refractivity contribution in [2.45, 2.75) is 27.2 Å². The highest BCUT2D eigenvalue weighted by molar-refractivity contribution is 5.73. The van der Waals surface area contributed by atoms with E-state index in [1.807, 2.05) is 19.9 Å². The number of ether oxygens (including phenoxy) is 1. The van der Waals surface area contributed by atoms with Crippen LogP contribution in [0.15, 0.2) is 12.1 Å². The molecule has 3 heteroatoms. The Morgan fingerprint density at radius 2 is 1.93 bits per heavy atom. The maximum Gasteiger partial charge on any atom is 0.310 e. The van der Waals surface area contributed by atoms with Crippen LogP contribution < -0.4 is 0 Å². The number of phenols is 1. The molecular weight excluding hydrogens is 192 g/mol. The number of carbonyl (C=O) groups excluding carboxylic acids is 1. The van der Waals surface area contributed by atoms with Crippen LogP contribution in [0.2, 0.25) is 0 Å². The van der Waals surface area contributed by atoms with Gasteiger partial charge in [0.1, 0.15) is 5.75 Å². The maximum absolute atomic E-state index is 11.2. The average Bonchev–Trinajstić information content (AvgIpc) is 2.14. The molecule has 15 heavy (non-hydrogen) atoms. The summed E-state index contributed by atoms with van der Waals surface area (Å²) in [6, 6.07) is 3.49. The molecule has 0 aliphatic carbocycles. The third kappa shape index (κ3) is 2.98. The summed E-state index contributed by atoms with van der Waals surface area (Å²) in [7, 11) is 0. The molecule has 0 spiro atoms. The van der Waals surface area contributed by atoms with E-state index in [-0.39, 0.29) is 18.1 Å². The monoisotopic (exact) mass is 208 g/mol. The smallest absolute Gasteiger partial charge is 0.310 e. The minimum absolute atomic E-state index is 0.126. The Labute approximate surface area is 89.7 Å². The fourth-order valence-electron chi connectivity index (χ4n) is 1.37. The fraction of sp³-hybridized carbons (Fsp3) is 0.417. The number of rotatable bonds is 3. The molecule has 0 aliphatic rings. The van der Waals surface area contributed by atoms with Gasteiger partial charge in [0.05, 0.1) is 13.0 Å². The van der Waals surface area contributed by atoms with Crippen molar-refractivity contribution in [2.75, 3.05) is 6.61 Å². The third-order valence-corrected chi connectivity index (χ3v) is 2.34. The molecule has 1 rings (SSSR count). The van der Waals surface area contributed by atoms with E-state index in [1.54, 1.807) is 13.0 Å². The van der Waals surface area contributed by atoms with Gasteiger partial charge in [-0.25, -0.2) is 0 Å². The Morgan fingerprint density at radius 1 is 1.33 bits per heavy atom. The molecule has 0 bridgehead atoms. The lowest BCUT2D eigenvalue weighted by Crippen LogP contribution is -2.07. The molecular formula is C12H16O3. The van der Waals surface area contributed by atoms with Crippen LogP contribution in [-0.4, -0.2) is 17.7 Å². The van der Waals surface area contributed by atoms with E-state index in [0.29, 0.717) is 12.2 Å². The normalized spacial score (nSPS) is 10.1. The Morgan fingerprint density at radius 3 is 2.53 bits per heavy atom. The fourth-order valence-corrected chi connectivity index (χ4v) is 1.37. The lowest BCUT2D eigenvalue weighted by Gasteiger charge is -2.07. The van der Waals surface area contributed by atoms with E-state index >= 15 is 0 Å². The summed E-state index contributed by atoms with van der Waals surface area (Å²) in [5.41, 5.74) is 2.70. The van der Waals surface area contributed by atoms with Crippen molar-refractivity contribution in [3.05, 3.63) is 28.8 Å². The Hall–Kier alpha value is -1.51. The minimum Gasteiger partial charge on any atom is -0.508 e. The molecule has 0 aliphatic heterocycles. The lowest BCUT2D eigenvalue weighted by atomic mass is 10.0. The first-order chi connectivity index (χ1) is 7.04. The number of carbonyl (C=O) groups is 1. The summed E-state index contributed by atoms with van der Waals surface area (Å²) >= 11 is 0. The molecule has 0 unspecified atom stereocenters. The van der Waals surface area contributed by atoms with Crippen LogP contribution in [0.25, 0.3) is 0 Å². The van der Waals surface area contributed by atoms with Gasteiger partial charge in [-0.2, -0.15) is 0 Å². The van der Waals surface area contributed by atoms with Gasteiger partial charge in [-0.15, -0.1) is 0 Å². The number of benzene rings is 1. The molecule has 0 saturated carbocycles. The number of aryl methyl sites for hydroxylation is 2. The standard InChI is InChI=1S/C12H16O3/c1-4-15-12(14)7-10-5-8(2)9(3)6-11(10)13/h5-6,13H,4,7H2,1-3H3. The van der Waals surface area contributed by atoms with Crippen molar-refractivity contribution in [2.24, 2.45) is 0 Å². The predicted octanol–water partition coefficient (Wildman–Crippen LogP) is 2.11. The van der Waals surface area contributed by atoms with Crippen molar-refractivity contribution in [1.82, 2.24) is 0 Å². The summed E-state index contributed by atoms with van der Waals surface area (Å²) in [4.78, 5) is 11.2. The van der Waals surface area contributed by atoms with Crippen LogP contribution in [0.3, 0.4) is 0 Å². The second-order valence-corrected chi connectivity index (χ2v) is 3.55. The highest BCUT2D eigenvalue weighted by atomic mass is 16.5. The van der Waals surface area contributed by atoms with Crippen LogP contribution in [0.1, 0.15) is 23.6 Å². The van der Waals surface area contributed by atoms with Gasteiger partial charge in [0.25, 0.3) is 0 Å². The first-order valence-corrected chi connectivity index (χ1v) is 4.99. The Kier molecular flexibility index (Phi) is 3.72. The van der Waals surface area contributed by atoms with Crippen molar-refractivity contribution in [3.63, 3.8) is 0 Å². The number of phenolic OH excluding ortho intramolecular Hbond substituents is 1. The van der Waals surface area contributed by atoms with Gasteiger partial charge in [-0.05, 0) is 38.0 Å². The molecule has 0 fully saturated rings. The van der Waals surface area contributed by atoms with Gasteiger partial charge < -0.3 is 9.84 Å². The topological polar surface area (TPSA) is 46.5 Å². The van der Waals surface area contributed by atoms with E-state index in [4.69, 9.17) is 4.74 Å². The van der Waals surface area contributed by atoms with Crippen LogP contribution in [0, 0.1) is 13.8 Å². The zero-order chi connectivity index (χ0) is 11.4. The summed E-state index contributed by atoms with van der Waals surface area (Å²) in [6.07, 6.45) is 0.126. The molecule has 0 radical (unpaired) electrons. The van der Waals surface area contributed by atoms with Gasteiger partial charge >= 0.3 is 5.97 Å². The number of esters is 1. The number of hydrogen-bond acceptors (Lipinski definition) is 3. The SMILES string of the molecule is CCOC(=O)Cc1cc(C)c(C)cc1O. The van der Waals surface area contributed by atoms with Crippen LogP contribution in [0.4, 0.5) is 0 Å². The molecule has 82 valence electrons. The number of hydrogen-bond donors (Lipinski definition) is 1. The highest BCUT2D eigenvalue weighted by Gasteiger charge is 2.09. The molecule has 3 nitrogen and oxygen atoms in total. The quantitative estimate of drug-likeness (QED) is 0.774. The summed E-state index contributed by atoms with van der Waals surface area (Å²) in [5.74, 6) is -0.151. The van der Waals surface area contributed by atoms with E-state index < -0.39 is 0 Å². The second kappa shape index (κ2) is 4.82. The molecule has 0 heterocycles. The first kappa shape index (κ1) is 11.6. The molecule has 0 atom stereocenters. The average molecular weight is 208 g/mol. The molecule has 1 aromatic carbocycles. The van der Waals surface area contributed by atoms with E-state index in [1.165, 1.54) is 0 Å². The van der Waals surface area contributed by atoms with E-state index in [0.717, 1.165) is 11.1 Å². The van der Waals surface area contributed by atoms with Gasteiger partial charge in [0, 0.05) is 5.56 Å². The minimum atomic E-state index is -0.309. The molecule has 0 amide bonds. The molecule has 1 N–H and O–H groups in total. The third-order valence-electron chi connectivity index (χ3n) is 2.34. The predicted molar refractivity (Wildman–Crippen MR) is 57.9 cm³/mol. The van der Waals surface area contributed by atoms with Gasteiger partial charge in [0.2, 0.25) is 0 Å². The van der Waals surface area contributed by atoms with Gasteiger partial charge in [-0.3, -0.25) is 4.79 Å². The van der Waals surface area contributed by atoms with Crippen LogP contribution in [-0.2, 0) is 16.0 Å². The van der Waals surface area contributed by atoms with Gasteiger partial charge in [-0.1, -0.05) is 6.07 Å². The van der Waals surface area contributed by atoms with Crippen LogP contribution in [0.5, 0.6) is 5.75 Å². The number of aromatic hydroxyl groups is 1. The second-order valence-electron chi connectivity index (χ2n) is 3.55. The largest absolute Gasteiger partial charge is 0.508 e. The van der Waals surface area contributed by atoms with Crippen molar-refractivity contribution >= 4 is 5.97 Å².